The monoisotopic (exact) mass is 570 g/mol. The van der Waals surface area contributed by atoms with Gasteiger partial charge in [-0.3, -0.25) is 0 Å². The maximum Gasteiger partial charge on any atom is 0.178 e. The van der Waals surface area contributed by atoms with Crippen LogP contribution in [0.2, 0.25) is 10.0 Å². The van der Waals surface area contributed by atoms with Gasteiger partial charge in [0, 0.05) is 47.1 Å². The lowest BCUT2D eigenvalue weighted by atomic mass is 9.85. The van der Waals surface area contributed by atoms with Crippen molar-refractivity contribution in [2.24, 2.45) is 5.11 Å². The molecule has 0 amide bonds. The van der Waals surface area contributed by atoms with Gasteiger partial charge < -0.3 is 19.1 Å². The average Bonchev–Trinajstić information content (AvgIpc) is 2.87. The molecule has 0 aliphatic carbocycles. The summed E-state index contributed by atoms with van der Waals surface area (Å²) in [7, 11) is -1.38. The first-order valence-corrected chi connectivity index (χ1v) is 14.5. The Labute approximate surface area is 228 Å². The summed E-state index contributed by atoms with van der Waals surface area (Å²) in [5.74, 6) is 0.0634. The molecule has 0 saturated heterocycles. The van der Waals surface area contributed by atoms with Crippen molar-refractivity contribution in [1.29, 1.82) is 0 Å². The van der Waals surface area contributed by atoms with Crippen molar-refractivity contribution >= 4 is 33.0 Å². The molecule has 1 atom stereocenters. The Bertz CT molecular complexity index is 1170. The molecule has 1 heterocycles. The van der Waals surface area contributed by atoms with Crippen LogP contribution in [0.5, 0.6) is 0 Å². The van der Waals surface area contributed by atoms with Gasteiger partial charge in [0.15, 0.2) is 9.84 Å². The van der Waals surface area contributed by atoms with E-state index >= 15 is 0 Å². The highest BCUT2D eigenvalue weighted by Gasteiger charge is 2.27. The molecule has 9 nitrogen and oxygen atoms in total. The van der Waals surface area contributed by atoms with Crippen molar-refractivity contribution < 1.29 is 22.6 Å². The van der Waals surface area contributed by atoms with Crippen LogP contribution in [-0.2, 0) is 30.6 Å². The Morgan fingerprint density at radius 3 is 2.35 bits per heavy atom. The van der Waals surface area contributed by atoms with Gasteiger partial charge >= 0.3 is 0 Å². The number of ether oxygens (including phenoxy) is 3. The zero-order chi connectivity index (χ0) is 26.7. The number of halogens is 2. The second kappa shape index (κ2) is 14.9. The number of benzene rings is 2. The Hall–Kier alpha value is -1.88. The summed E-state index contributed by atoms with van der Waals surface area (Å²) in [6.45, 7) is 4.11. The highest BCUT2D eigenvalue weighted by molar-refractivity contribution is 7.91. The van der Waals surface area contributed by atoms with Crippen molar-refractivity contribution in [3.8, 4) is 0 Å². The van der Waals surface area contributed by atoms with Crippen LogP contribution in [0, 0.1) is 0 Å². The van der Waals surface area contributed by atoms with Gasteiger partial charge in [0.25, 0.3) is 0 Å². The number of sulfone groups is 1. The van der Waals surface area contributed by atoms with Crippen LogP contribution in [-0.4, -0.2) is 78.8 Å². The van der Waals surface area contributed by atoms with Gasteiger partial charge in [-0.2, -0.15) is 0 Å². The van der Waals surface area contributed by atoms with Crippen LogP contribution >= 0.6 is 23.2 Å². The van der Waals surface area contributed by atoms with Gasteiger partial charge in [0.05, 0.1) is 43.7 Å². The first kappa shape index (κ1) is 29.7. The fraction of sp³-hybridized carbons (Fsp3) is 0.520. The lowest BCUT2D eigenvalue weighted by Crippen LogP contribution is -2.31. The molecule has 12 heteroatoms. The number of hydrogen-bond acceptors (Lipinski definition) is 7. The fourth-order valence-electron chi connectivity index (χ4n) is 4.20. The quantitative estimate of drug-likeness (QED) is 0.127. The number of rotatable bonds is 15. The van der Waals surface area contributed by atoms with Gasteiger partial charge in [-0.05, 0) is 60.0 Å². The van der Waals surface area contributed by atoms with Gasteiger partial charge in [-0.25, -0.2) is 8.42 Å². The molecule has 2 aromatic carbocycles. The summed E-state index contributed by atoms with van der Waals surface area (Å²) >= 11 is 12.7. The third-order valence-corrected chi connectivity index (χ3v) is 8.35. The van der Waals surface area contributed by atoms with Crippen LogP contribution in [0.3, 0.4) is 0 Å². The van der Waals surface area contributed by atoms with E-state index in [1.165, 1.54) is 0 Å². The third-order valence-electron chi connectivity index (χ3n) is 5.98. The molecule has 202 valence electrons. The molecule has 1 aliphatic rings. The predicted octanol–water partition coefficient (Wildman–Crippen LogP) is 5.09. The Morgan fingerprint density at radius 2 is 1.68 bits per heavy atom. The smallest absolute Gasteiger partial charge is 0.178 e. The topological polar surface area (TPSA) is 114 Å². The molecule has 0 fully saturated rings. The van der Waals surface area contributed by atoms with E-state index in [4.69, 9.17) is 42.9 Å². The molecule has 0 radical (unpaired) electrons. The van der Waals surface area contributed by atoms with E-state index in [0.29, 0.717) is 67.5 Å². The molecular formula is C25H32Cl2N4O5S. The Balaban J connectivity index is 1.42. The van der Waals surface area contributed by atoms with E-state index in [1.54, 1.807) is 18.2 Å². The molecule has 3 rings (SSSR count). The maximum absolute atomic E-state index is 12.8. The zero-order valence-corrected chi connectivity index (χ0v) is 23.1. The van der Waals surface area contributed by atoms with E-state index in [2.05, 4.69) is 14.9 Å². The molecule has 37 heavy (non-hydrogen) atoms. The van der Waals surface area contributed by atoms with E-state index in [9.17, 15) is 8.42 Å². The molecule has 0 saturated carbocycles. The fourth-order valence-corrected chi connectivity index (χ4v) is 6.05. The summed E-state index contributed by atoms with van der Waals surface area (Å²) in [5.41, 5.74) is 11.3. The van der Waals surface area contributed by atoms with E-state index < -0.39 is 9.84 Å². The first-order chi connectivity index (χ1) is 17.8. The zero-order valence-electron chi connectivity index (χ0n) is 20.8. The average molecular weight is 572 g/mol. The second-order valence-electron chi connectivity index (χ2n) is 8.74. The molecule has 2 aromatic rings. The molecule has 0 unspecified atom stereocenters. The van der Waals surface area contributed by atoms with Crippen LogP contribution in [0.15, 0.2) is 46.4 Å². The summed E-state index contributed by atoms with van der Waals surface area (Å²) in [6, 6.07) is 10.8. The van der Waals surface area contributed by atoms with E-state index in [0.717, 1.165) is 29.8 Å². The third kappa shape index (κ3) is 9.12. The normalized spacial score (nSPS) is 15.8. The van der Waals surface area contributed by atoms with Crippen LogP contribution in [0.1, 0.15) is 29.0 Å². The standard InChI is InChI=1S/C25H32Cl2N4O5S/c1-31-17-23(22-15-20(26)16-25(27)24(22)18-31)19-3-5-21(6-4-19)37(32,33)14-2-8-34-10-12-36-13-11-35-9-7-29-30-28/h3-6,15-16,23H,2,7-14,17-18H2,1H3/t23-/m1/s1. The van der Waals surface area contributed by atoms with Crippen molar-refractivity contribution in [2.75, 3.05) is 65.5 Å². The predicted molar refractivity (Wildman–Crippen MR) is 144 cm³/mol. The van der Waals surface area contributed by atoms with Crippen molar-refractivity contribution in [2.45, 2.75) is 23.8 Å². The lowest BCUT2D eigenvalue weighted by Gasteiger charge is -2.33. The highest BCUT2D eigenvalue weighted by Crippen LogP contribution is 2.38. The summed E-state index contributed by atoms with van der Waals surface area (Å²) in [6.07, 6.45) is 0.393. The molecular weight excluding hydrogens is 539 g/mol. The Kier molecular flexibility index (Phi) is 11.9. The minimum absolute atomic E-state index is 0.00639. The summed E-state index contributed by atoms with van der Waals surface area (Å²) in [4.78, 5) is 5.14. The van der Waals surface area contributed by atoms with Crippen molar-refractivity contribution in [1.82, 2.24) is 4.90 Å². The van der Waals surface area contributed by atoms with Crippen molar-refractivity contribution in [3.05, 3.63) is 73.6 Å². The largest absolute Gasteiger partial charge is 0.379 e. The maximum atomic E-state index is 12.8. The molecule has 0 bridgehead atoms. The lowest BCUT2D eigenvalue weighted by molar-refractivity contribution is 0.0162. The van der Waals surface area contributed by atoms with Crippen molar-refractivity contribution in [3.63, 3.8) is 0 Å². The van der Waals surface area contributed by atoms with Gasteiger partial charge in [-0.1, -0.05) is 40.4 Å². The van der Waals surface area contributed by atoms with E-state index in [1.807, 2.05) is 25.2 Å². The summed E-state index contributed by atoms with van der Waals surface area (Å²) < 4.78 is 41.7. The number of nitrogens with zero attached hydrogens (tertiary/aromatic N) is 4. The van der Waals surface area contributed by atoms with Crippen LogP contribution in [0.4, 0.5) is 0 Å². The molecule has 0 N–H and O–H groups in total. The summed E-state index contributed by atoms with van der Waals surface area (Å²) in [5, 5.41) is 4.61. The van der Waals surface area contributed by atoms with Crippen LogP contribution in [0.25, 0.3) is 10.4 Å². The molecule has 1 aliphatic heterocycles. The minimum Gasteiger partial charge on any atom is -0.379 e. The van der Waals surface area contributed by atoms with E-state index in [-0.39, 0.29) is 11.7 Å². The first-order valence-electron chi connectivity index (χ1n) is 12.0. The minimum atomic E-state index is -3.42. The molecule has 0 aromatic heterocycles. The number of likely N-dealkylation sites (N-methyl/N-ethyl adjacent to an activating group) is 1. The molecule has 0 spiro atoms. The second-order valence-corrected chi connectivity index (χ2v) is 11.7. The van der Waals surface area contributed by atoms with Gasteiger partial charge in [0.1, 0.15) is 0 Å². The number of hydrogen-bond donors (Lipinski definition) is 0. The van der Waals surface area contributed by atoms with Crippen LogP contribution < -0.4 is 0 Å². The Morgan fingerprint density at radius 1 is 1.03 bits per heavy atom. The highest BCUT2D eigenvalue weighted by atomic mass is 35.5. The van der Waals surface area contributed by atoms with Gasteiger partial charge in [0.2, 0.25) is 0 Å². The number of azide groups is 1. The van der Waals surface area contributed by atoms with Gasteiger partial charge in [-0.15, -0.1) is 0 Å². The number of fused-ring (bicyclic) bond motifs is 1. The SMILES string of the molecule is CN1Cc2c(Cl)cc(Cl)cc2[C@@H](c2ccc(S(=O)(=O)CCCOCCOCCOCCN=[N+]=[N-])cc2)C1.